The lowest BCUT2D eigenvalue weighted by molar-refractivity contribution is 0.665. The highest BCUT2D eigenvalue weighted by Gasteiger charge is 2.05. The molecule has 0 aromatic carbocycles. The van der Waals surface area contributed by atoms with Crippen LogP contribution in [0.25, 0.3) is 5.65 Å². The maximum absolute atomic E-state index is 11.5. The van der Waals surface area contributed by atoms with Gasteiger partial charge in [0.25, 0.3) is 5.56 Å². The Balaban J connectivity index is 3.03. The number of aryl methyl sites for hydroxylation is 1. The average Bonchev–Trinajstić information content (AvgIpc) is 2.27. The van der Waals surface area contributed by atoms with Crippen LogP contribution in [0.1, 0.15) is 5.69 Å². The molecule has 2 aromatic heterocycles. The second kappa shape index (κ2) is 2.70. The summed E-state index contributed by atoms with van der Waals surface area (Å²) >= 11 is 3.31. The Hall–Kier alpha value is -1.10. The van der Waals surface area contributed by atoms with Crippen molar-refractivity contribution in [3.8, 4) is 0 Å². The van der Waals surface area contributed by atoms with Crippen molar-refractivity contribution in [1.82, 2.24) is 14.2 Å². The van der Waals surface area contributed by atoms with Crippen LogP contribution >= 0.6 is 15.9 Å². The van der Waals surface area contributed by atoms with E-state index in [0.717, 1.165) is 4.60 Å². The van der Waals surface area contributed by atoms with Crippen molar-refractivity contribution in [1.29, 1.82) is 0 Å². The summed E-state index contributed by atoms with van der Waals surface area (Å²) in [7, 11) is 1.78. The van der Waals surface area contributed by atoms with Gasteiger partial charge in [0, 0.05) is 24.9 Å². The summed E-state index contributed by atoms with van der Waals surface area (Å²) < 4.78 is 3.96. The molecule has 13 heavy (non-hydrogen) atoms. The van der Waals surface area contributed by atoms with Gasteiger partial charge in [-0.05, 0) is 22.9 Å². The van der Waals surface area contributed by atoms with Crippen molar-refractivity contribution in [2.24, 2.45) is 7.05 Å². The SMILES string of the molecule is [CH2]c1cc(=O)n2c(cc(Br)n2C)n1. The molecule has 0 spiro atoms. The van der Waals surface area contributed by atoms with Gasteiger partial charge in [-0.1, -0.05) is 0 Å². The predicted octanol–water partition coefficient (Wildman–Crippen LogP) is 0.978. The van der Waals surface area contributed by atoms with Crippen LogP contribution in [0.4, 0.5) is 0 Å². The molecule has 4 nitrogen and oxygen atoms in total. The van der Waals surface area contributed by atoms with Crippen molar-refractivity contribution < 1.29 is 0 Å². The van der Waals surface area contributed by atoms with Crippen LogP contribution < -0.4 is 5.56 Å². The standard InChI is InChI=1S/C8H7BrN3O/c1-5-3-8(13)12-7(10-5)4-6(9)11(12)2/h3-4H,1H2,2H3. The lowest BCUT2D eigenvalue weighted by Gasteiger charge is -1.99. The molecule has 0 amide bonds. The molecule has 0 aliphatic rings. The third kappa shape index (κ3) is 1.19. The van der Waals surface area contributed by atoms with Crippen molar-refractivity contribution in [2.45, 2.75) is 0 Å². The molecule has 0 fully saturated rings. The summed E-state index contributed by atoms with van der Waals surface area (Å²) in [6.07, 6.45) is 0. The van der Waals surface area contributed by atoms with Crippen LogP contribution in [0, 0.1) is 6.92 Å². The van der Waals surface area contributed by atoms with Gasteiger partial charge >= 0.3 is 0 Å². The smallest absolute Gasteiger partial charge is 0.273 e. The Morgan fingerprint density at radius 3 is 2.92 bits per heavy atom. The Kier molecular flexibility index (Phi) is 1.76. The Bertz CT molecular complexity index is 526. The fraction of sp³-hybridized carbons (Fsp3) is 0.125. The maximum atomic E-state index is 11.5. The molecular formula is C8H7BrN3O. The molecule has 0 saturated heterocycles. The highest BCUT2D eigenvalue weighted by atomic mass is 79.9. The molecule has 2 aromatic rings. The number of aromatic nitrogens is 3. The summed E-state index contributed by atoms with van der Waals surface area (Å²) in [5, 5.41) is 0. The van der Waals surface area contributed by atoms with E-state index in [-0.39, 0.29) is 5.56 Å². The lowest BCUT2D eigenvalue weighted by atomic mass is 10.4. The molecule has 0 unspecified atom stereocenters. The van der Waals surface area contributed by atoms with Gasteiger partial charge in [0.05, 0.1) is 0 Å². The molecule has 1 radical (unpaired) electrons. The van der Waals surface area contributed by atoms with E-state index in [1.165, 1.54) is 10.6 Å². The lowest BCUT2D eigenvalue weighted by Crippen LogP contribution is -2.19. The highest BCUT2D eigenvalue weighted by molar-refractivity contribution is 9.10. The fourth-order valence-corrected chi connectivity index (χ4v) is 1.60. The van der Waals surface area contributed by atoms with Crippen molar-refractivity contribution in [3.63, 3.8) is 0 Å². The van der Waals surface area contributed by atoms with Crippen LogP contribution in [0.15, 0.2) is 21.5 Å². The van der Waals surface area contributed by atoms with Gasteiger partial charge in [0.15, 0.2) is 5.65 Å². The van der Waals surface area contributed by atoms with Gasteiger partial charge in [0.1, 0.15) is 4.60 Å². The Labute approximate surface area is 82.9 Å². The third-order valence-electron chi connectivity index (χ3n) is 1.83. The Morgan fingerprint density at radius 2 is 2.23 bits per heavy atom. The van der Waals surface area contributed by atoms with Crippen LogP contribution in [0.2, 0.25) is 0 Å². The van der Waals surface area contributed by atoms with Crippen molar-refractivity contribution >= 4 is 21.6 Å². The van der Waals surface area contributed by atoms with Gasteiger partial charge in [-0.2, -0.15) is 4.52 Å². The number of hydrogen-bond donors (Lipinski definition) is 0. The number of halogens is 1. The van der Waals surface area contributed by atoms with Crippen LogP contribution in [0.5, 0.6) is 0 Å². The average molecular weight is 241 g/mol. The number of fused-ring (bicyclic) bond motifs is 1. The number of nitrogens with zero attached hydrogens (tertiary/aromatic N) is 3. The summed E-state index contributed by atoms with van der Waals surface area (Å²) in [6, 6.07) is 3.18. The monoisotopic (exact) mass is 240 g/mol. The van der Waals surface area contributed by atoms with E-state index in [1.807, 2.05) is 0 Å². The molecular weight excluding hydrogens is 234 g/mol. The quantitative estimate of drug-likeness (QED) is 0.689. The van der Waals surface area contributed by atoms with Gasteiger partial charge < -0.3 is 0 Å². The van der Waals surface area contributed by atoms with E-state index in [4.69, 9.17) is 0 Å². The van der Waals surface area contributed by atoms with Gasteiger partial charge in [-0.15, -0.1) is 0 Å². The zero-order valence-electron chi connectivity index (χ0n) is 6.99. The summed E-state index contributed by atoms with van der Waals surface area (Å²) in [5.74, 6) is 0. The fourth-order valence-electron chi connectivity index (χ4n) is 1.23. The molecule has 0 N–H and O–H groups in total. The van der Waals surface area contributed by atoms with E-state index in [1.54, 1.807) is 17.8 Å². The zero-order chi connectivity index (χ0) is 9.59. The normalized spacial score (nSPS) is 11.0. The largest absolute Gasteiger partial charge is 0.273 e. The first-order valence-electron chi connectivity index (χ1n) is 3.67. The molecule has 0 aliphatic heterocycles. The topological polar surface area (TPSA) is 39.3 Å². The molecule has 2 rings (SSSR count). The van der Waals surface area contributed by atoms with E-state index < -0.39 is 0 Å². The third-order valence-corrected chi connectivity index (χ3v) is 2.57. The van der Waals surface area contributed by atoms with Gasteiger partial charge in [0.2, 0.25) is 0 Å². The summed E-state index contributed by atoms with van der Waals surface area (Å²) in [6.45, 7) is 3.62. The van der Waals surface area contributed by atoms with Crippen LogP contribution in [-0.4, -0.2) is 14.2 Å². The first kappa shape index (κ1) is 8.50. The Morgan fingerprint density at radius 1 is 1.54 bits per heavy atom. The molecule has 2 heterocycles. The van der Waals surface area contributed by atoms with E-state index >= 15 is 0 Å². The van der Waals surface area contributed by atoms with Crippen molar-refractivity contribution in [2.75, 3.05) is 0 Å². The van der Waals surface area contributed by atoms with Gasteiger partial charge in [-0.3, -0.25) is 9.48 Å². The summed E-state index contributed by atoms with van der Waals surface area (Å²) in [5.41, 5.74) is 0.971. The minimum Gasteiger partial charge on any atom is -0.273 e. The number of rotatable bonds is 0. The maximum Gasteiger partial charge on any atom is 0.273 e. The van der Waals surface area contributed by atoms with E-state index in [0.29, 0.717) is 11.3 Å². The summed E-state index contributed by atoms with van der Waals surface area (Å²) in [4.78, 5) is 15.6. The predicted molar refractivity (Wildman–Crippen MR) is 52.6 cm³/mol. The first-order valence-corrected chi connectivity index (χ1v) is 4.46. The first-order chi connectivity index (χ1) is 6.09. The zero-order valence-corrected chi connectivity index (χ0v) is 8.58. The minimum absolute atomic E-state index is 0.122. The minimum atomic E-state index is -0.122. The van der Waals surface area contributed by atoms with Crippen molar-refractivity contribution in [3.05, 3.63) is 39.7 Å². The van der Waals surface area contributed by atoms with E-state index in [9.17, 15) is 4.79 Å². The molecule has 0 aliphatic carbocycles. The highest BCUT2D eigenvalue weighted by Crippen LogP contribution is 2.11. The number of hydrogen-bond acceptors (Lipinski definition) is 2. The second-order valence-corrected chi connectivity index (χ2v) is 3.56. The molecule has 0 bridgehead atoms. The molecule has 67 valence electrons. The second-order valence-electron chi connectivity index (χ2n) is 2.75. The molecule has 0 saturated carbocycles. The van der Waals surface area contributed by atoms with E-state index in [2.05, 4.69) is 27.8 Å². The van der Waals surface area contributed by atoms with Gasteiger partial charge in [-0.25, -0.2) is 4.98 Å². The molecule has 5 heteroatoms. The van der Waals surface area contributed by atoms with Crippen LogP contribution in [-0.2, 0) is 7.05 Å². The molecule has 0 atom stereocenters. The van der Waals surface area contributed by atoms with Crippen LogP contribution in [0.3, 0.4) is 0 Å².